The van der Waals surface area contributed by atoms with Crippen molar-refractivity contribution in [1.29, 1.82) is 0 Å². The minimum absolute atomic E-state index is 0.108. The average molecular weight is 355 g/mol. The molecule has 7 heteroatoms. The maximum atomic E-state index is 10.5. The lowest BCUT2D eigenvalue weighted by atomic mass is 9.94. The van der Waals surface area contributed by atoms with Crippen LogP contribution in [0, 0.1) is 0 Å². The number of benzene rings is 1. The number of β-amino-alcohol motifs (C(OH)–C–C–N with tert-alkyl or cyclic N) is 1. The summed E-state index contributed by atoms with van der Waals surface area (Å²) in [7, 11) is 1.68. The number of pyridine rings is 1. The lowest BCUT2D eigenvalue weighted by Gasteiger charge is -2.28. The number of hydrogen-bond acceptors (Lipinski definition) is 6. The second-order valence-corrected chi connectivity index (χ2v) is 7.08. The summed E-state index contributed by atoms with van der Waals surface area (Å²) in [6, 6.07) is 11.8. The third kappa shape index (κ3) is 4.56. The number of ether oxygens (including phenoxy) is 1. The first kappa shape index (κ1) is 18.3. The molecule has 0 fully saturated rings. The van der Waals surface area contributed by atoms with Gasteiger partial charge in [-0.3, -0.25) is 0 Å². The molecule has 0 amide bonds. The summed E-state index contributed by atoms with van der Waals surface area (Å²) < 4.78 is 6.84. The van der Waals surface area contributed by atoms with Crippen LogP contribution in [0.25, 0.3) is 5.65 Å². The van der Waals surface area contributed by atoms with Crippen molar-refractivity contribution in [3.8, 4) is 5.75 Å². The number of aromatic nitrogens is 4. The van der Waals surface area contributed by atoms with Gasteiger partial charge in [0.1, 0.15) is 5.75 Å². The standard InChI is InChI=1S/C19H25N5O2/c1-19(2,10-9-14-5-4-6-16(11-14)26-3)20-12-17(25)15-7-8-18-21-22-23-24(18)13-15/h4-8,11,13,17,20,25H,9-10,12H2,1-3H3/t17-/m0/s1. The Hall–Kier alpha value is -2.51. The fourth-order valence-electron chi connectivity index (χ4n) is 2.82. The van der Waals surface area contributed by atoms with Gasteiger partial charge in [-0.2, -0.15) is 0 Å². The molecule has 0 saturated carbocycles. The van der Waals surface area contributed by atoms with Gasteiger partial charge in [-0.25, -0.2) is 4.52 Å². The van der Waals surface area contributed by atoms with Crippen molar-refractivity contribution in [2.45, 2.75) is 38.3 Å². The van der Waals surface area contributed by atoms with E-state index in [0.717, 1.165) is 24.2 Å². The SMILES string of the molecule is COc1cccc(CCC(C)(C)NC[C@H](O)c2ccc3nnnn3c2)c1. The summed E-state index contributed by atoms with van der Waals surface area (Å²) in [6.45, 7) is 4.74. The largest absolute Gasteiger partial charge is 0.497 e. The van der Waals surface area contributed by atoms with E-state index >= 15 is 0 Å². The van der Waals surface area contributed by atoms with Crippen LogP contribution in [0.4, 0.5) is 0 Å². The van der Waals surface area contributed by atoms with E-state index in [0.29, 0.717) is 12.2 Å². The minimum atomic E-state index is -0.625. The predicted molar refractivity (Wildman–Crippen MR) is 99.1 cm³/mol. The van der Waals surface area contributed by atoms with Crippen molar-refractivity contribution < 1.29 is 9.84 Å². The van der Waals surface area contributed by atoms with E-state index in [-0.39, 0.29) is 5.54 Å². The molecule has 0 radical (unpaired) electrons. The van der Waals surface area contributed by atoms with Gasteiger partial charge in [-0.05, 0) is 60.9 Å². The van der Waals surface area contributed by atoms with Crippen molar-refractivity contribution in [2.75, 3.05) is 13.7 Å². The molecular weight excluding hydrogens is 330 g/mol. The fraction of sp³-hybridized carbons (Fsp3) is 0.421. The van der Waals surface area contributed by atoms with E-state index in [2.05, 4.69) is 46.8 Å². The number of methoxy groups -OCH3 is 1. The summed E-state index contributed by atoms with van der Waals surface area (Å²) >= 11 is 0. The number of tetrazole rings is 1. The Kier molecular flexibility index (Phi) is 5.49. The van der Waals surface area contributed by atoms with Crippen molar-refractivity contribution in [1.82, 2.24) is 25.4 Å². The molecule has 26 heavy (non-hydrogen) atoms. The Morgan fingerprint density at radius 2 is 2.12 bits per heavy atom. The lowest BCUT2D eigenvalue weighted by Crippen LogP contribution is -2.42. The van der Waals surface area contributed by atoms with Gasteiger partial charge in [0, 0.05) is 23.8 Å². The number of nitrogens with one attached hydrogen (secondary N) is 1. The van der Waals surface area contributed by atoms with Crippen LogP contribution in [0.1, 0.15) is 37.5 Å². The molecule has 7 nitrogen and oxygen atoms in total. The molecule has 0 aliphatic rings. The Bertz CT molecular complexity index is 862. The molecule has 0 saturated heterocycles. The van der Waals surface area contributed by atoms with Crippen LogP contribution in [-0.4, -0.2) is 44.3 Å². The first-order chi connectivity index (χ1) is 12.5. The molecular formula is C19H25N5O2. The zero-order chi connectivity index (χ0) is 18.6. The van der Waals surface area contributed by atoms with E-state index in [9.17, 15) is 5.11 Å². The zero-order valence-corrected chi connectivity index (χ0v) is 15.4. The lowest BCUT2D eigenvalue weighted by molar-refractivity contribution is 0.158. The van der Waals surface area contributed by atoms with Gasteiger partial charge < -0.3 is 15.2 Å². The molecule has 0 bridgehead atoms. The van der Waals surface area contributed by atoms with Gasteiger partial charge in [0.2, 0.25) is 0 Å². The van der Waals surface area contributed by atoms with E-state index in [1.807, 2.05) is 18.2 Å². The normalized spacial score (nSPS) is 13.1. The second-order valence-electron chi connectivity index (χ2n) is 7.08. The van der Waals surface area contributed by atoms with Gasteiger partial charge >= 0.3 is 0 Å². The summed E-state index contributed by atoms with van der Waals surface area (Å²) in [5.74, 6) is 0.877. The molecule has 138 valence electrons. The van der Waals surface area contributed by atoms with Crippen molar-refractivity contribution in [3.63, 3.8) is 0 Å². The molecule has 0 aliphatic heterocycles. The van der Waals surface area contributed by atoms with Crippen LogP contribution in [0.5, 0.6) is 5.75 Å². The van der Waals surface area contributed by atoms with Crippen LogP contribution in [0.2, 0.25) is 0 Å². The minimum Gasteiger partial charge on any atom is -0.497 e. The van der Waals surface area contributed by atoms with Gasteiger partial charge in [0.25, 0.3) is 0 Å². The number of aliphatic hydroxyl groups is 1. The smallest absolute Gasteiger partial charge is 0.179 e. The predicted octanol–water partition coefficient (Wildman–Crippen LogP) is 2.17. The zero-order valence-electron chi connectivity index (χ0n) is 15.4. The maximum absolute atomic E-state index is 10.5. The molecule has 2 aromatic heterocycles. The van der Waals surface area contributed by atoms with Crippen molar-refractivity contribution >= 4 is 5.65 Å². The first-order valence-corrected chi connectivity index (χ1v) is 8.70. The van der Waals surface area contributed by atoms with E-state index in [4.69, 9.17) is 4.74 Å². The Morgan fingerprint density at radius 1 is 1.27 bits per heavy atom. The van der Waals surface area contributed by atoms with Gasteiger partial charge in [-0.1, -0.05) is 18.2 Å². The van der Waals surface area contributed by atoms with Crippen LogP contribution >= 0.6 is 0 Å². The molecule has 0 aliphatic carbocycles. The van der Waals surface area contributed by atoms with E-state index in [1.165, 1.54) is 5.56 Å². The molecule has 3 aromatic rings. The second kappa shape index (κ2) is 7.80. The van der Waals surface area contributed by atoms with Gasteiger partial charge in [0.15, 0.2) is 5.65 Å². The highest BCUT2D eigenvalue weighted by Gasteiger charge is 2.19. The summed E-state index contributed by atoms with van der Waals surface area (Å²) in [4.78, 5) is 0. The Morgan fingerprint density at radius 3 is 2.92 bits per heavy atom. The highest BCUT2D eigenvalue weighted by Crippen LogP contribution is 2.19. The highest BCUT2D eigenvalue weighted by molar-refractivity contribution is 5.36. The molecule has 1 atom stereocenters. The van der Waals surface area contributed by atoms with Crippen LogP contribution < -0.4 is 10.1 Å². The van der Waals surface area contributed by atoms with Gasteiger partial charge in [-0.15, -0.1) is 5.10 Å². The first-order valence-electron chi connectivity index (χ1n) is 8.70. The number of aryl methyl sites for hydroxylation is 1. The number of aliphatic hydroxyl groups excluding tert-OH is 1. The topological polar surface area (TPSA) is 84.6 Å². The molecule has 2 heterocycles. The molecule has 1 aromatic carbocycles. The molecule has 3 rings (SSSR count). The van der Waals surface area contributed by atoms with Crippen LogP contribution in [0.3, 0.4) is 0 Å². The third-order valence-electron chi connectivity index (χ3n) is 4.55. The van der Waals surface area contributed by atoms with Gasteiger partial charge in [0.05, 0.1) is 13.2 Å². The molecule has 0 spiro atoms. The number of hydrogen-bond donors (Lipinski definition) is 2. The van der Waals surface area contributed by atoms with Crippen LogP contribution in [0.15, 0.2) is 42.6 Å². The summed E-state index contributed by atoms with van der Waals surface area (Å²) in [5.41, 5.74) is 2.57. The highest BCUT2D eigenvalue weighted by atomic mass is 16.5. The summed E-state index contributed by atoms with van der Waals surface area (Å²) in [6.07, 6.45) is 3.01. The molecule has 0 unspecified atom stereocenters. The molecule has 2 N–H and O–H groups in total. The monoisotopic (exact) mass is 355 g/mol. The fourth-order valence-corrected chi connectivity index (χ4v) is 2.82. The third-order valence-corrected chi connectivity index (χ3v) is 4.55. The van der Waals surface area contributed by atoms with E-state index in [1.54, 1.807) is 23.9 Å². The van der Waals surface area contributed by atoms with Crippen molar-refractivity contribution in [3.05, 3.63) is 53.7 Å². The Balaban J connectivity index is 1.54. The number of nitrogens with zero attached hydrogens (tertiary/aromatic N) is 4. The average Bonchev–Trinajstić information content (AvgIpc) is 3.12. The number of fused-ring (bicyclic) bond motifs is 1. The number of rotatable bonds is 8. The quantitative estimate of drug-likeness (QED) is 0.644. The summed E-state index contributed by atoms with van der Waals surface area (Å²) in [5, 5.41) is 25.3. The van der Waals surface area contributed by atoms with Crippen LogP contribution in [-0.2, 0) is 6.42 Å². The van der Waals surface area contributed by atoms with E-state index < -0.39 is 6.10 Å². The Labute approximate surface area is 153 Å². The van der Waals surface area contributed by atoms with Crippen molar-refractivity contribution in [2.24, 2.45) is 0 Å². The maximum Gasteiger partial charge on any atom is 0.179 e.